The molecule has 0 spiro atoms. The van der Waals surface area contributed by atoms with E-state index < -0.39 is 10.0 Å². The second kappa shape index (κ2) is 8.20. The molecule has 0 saturated carbocycles. The normalized spacial score (nSPS) is 15.2. The van der Waals surface area contributed by atoms with Crippen LogP contribution in [0.4, 0.5) is 10.5 Å². The van der Waals surface area contributed by atoms with Crippen LogP contribution in [0.5, 0.6) is 0 Å². The molecular formula is C19H21N7O3S. The number of anilines is 1. The van der Waals surface area contributed by atoms with Crippen LogP contribution in [-0.2, 0) is 10.0 Å². The van der Waals surface area contributed by atoms with Gasteiger partial charge in [-0.15, -0.1) is 0 Å². The van der Waals surface area contributed by atoms with Crippen LogP contribution in [0.1, 0.15) is 5.82 Å². The summed E-state index contributed by atoms with van der Waals surface area (Å²) in [6.45, 7) is 2.86. The largest absolute Gasteiger partial charge is 0.322 e. The molecule has 1 saturated heterocycles. The maximum absolute atomic E-state index is 12.7. The van der Waals surface area contributed by atoms with Crippen molar-refractivity contribution < 1.29 is 13.2 Å². The van der Waals surface area contributed by atoms with E-state index in [9.17, 15) is 13.2 Å². The molecule has 3 heterocycles. The number of aromatic nitrogens is 4. The van der Waals surface area contributed by atoms with Crippen molar-refractivity contribution in [3.8, 4) is 11.4 Å². The number of sulfonamides is 1. The molecule has 2 N–H and O–H groups in total. The Morgan fingerprint density at radius 3 is 2.60 bits per heavy atom. The summed E-state index contributed by atoms with van der Waals surface area (Å²) in [4.78, 5) is 22.6. The number of aryl methyl sites for hydroxylation is 1. The zero-order valence-corrected chi connectivity index (χ0v) is 17.1. The van der Waals surface area contributed by atoms with Crippen molar-refractivity contribution in [2.45, 2.75) is 11.8 Å². The molecule has 0 aliphatic carbocycles. The molecule has 0 bridgehead atoms. The molecule has 0 radical (unpaired) electrons. The van der Waals surface area contributed by atoms with E-state index in [1.54, 1.807) is 23.1 Å². The van der Waals surface area contributed by atoms with Crippen LogP contribution in [0.25, 0.3) is 11.4 Å². The van der Waals surface area contributed by atoms with Gasteiger partial charge in [-0.25, -0.2) is 18.2 Å². The predicted molar refractivity (Wildman–Crippen MR) is 110 cm³/mol. The predicted octanol–water partition coefficient (Wildman–Crippen LogP) is 1.71. The van der Waals surface area contributed by atoms with Crippen molar-refractivity contribution >= 4 is 21.7 Å². The highest BCUT2D eigenvalue weighted by Crippen LogP contribution is 2.20. The molecule has 30 heavy (non-hydrogen) atoms. The lowest BCUT2D eigenvalue weighted by Gasteiger charge is -2.33. The third-order valence-corrected chi connectivity index (χ3v) is 6.65. The average Bonchev–Trinajstić information content (AvgIpc) is 3.21. The van der Waals surface area contributed by atoms with Crippen LogP contribution in [0, 0.1) is 6.92 Å². The highest BCUT2D eigenvalue weighted by Gasteiger charge is 2.30. The van der Waals surface area contributed by atoms with Gasteiger partial charge in [0.15, 0.2) is 5.82 Å². The second-order valence-electron chi connectivity index (χ2n) is 6.84. The summed E-state index contributed by atoms with van der Waals surface area (Å²) in [5.74, 6) is 1.26. The molecule has 0 atom stereocenters. The summed E-state index contributed by atoms with van der Waals surface area (Å²) in [6.07, 6.45) is 2.86. The van der Waals surface area contributed by atoms with Gasteiger partial charge in [0.2, 0.25) is 10.0 Å². The number of carbonyl (C=O) groups excluding carboxylic acids is 1. The molecule has 1 aromatic carbocycles. The van der Waals surface area contributed by atoms with E-state index >= 15 is 0 Å². The van der Waals surface area contributed by atoms with Crippen molar-refractivity contribution in [1.29, 1.82) is 0 Å². The first kappa shape index (κ1) is 20.0. The van der Waals surface area contributed by atoms with Gasteiger partial charge < -0.3 is 10.2 Å². The molecule has 156 valence electrons. The number of H-pyrrole nitrogens is 1. The lowest BCUT2D eigenvalue weighted by molar-refractivity contribution is 0.184. The number of hydrogen-bond donors (Lipinski definition) is 2. The Hall–Kier alpha value is -3.31. The SMILES string of the molecule is Cc1nc(-c2cccc(NC(=O)N3CCN(S(=O)(=O)c4cccnc4)CC3)c2)n[nH]1. The minimum atomic E-state index is -3.61. The minimum Gasteiger partial charge on any atom is -0.322 e. The van der Waals surface area contributed by atoms with Gasteiger partial charge in [-0.05, 0) is 31.2 Å². The Morgan fingerprint density at radius 1 is 1.13 bits per heavy atom. The van der Waals surface area contributed by atoms with Crippen LogP contribution in [0.3, 0.4) is 0 Å². The monoisotopic (exact) mass is 427 g/mol. The highest BCUT2D eigenvalue weighted by atomic mass is 32.2. The Kier molecular flexibility index (Phi) is 5.46. The van der Waals surface area contributed by atoms with Gasteiger partial charge in [0.25, 0.3) is 0 Å². The third-order valence-electron chi connectivity index (χ3n) is 4.77. The number of nitrogens with zero attached hydrogens (tertiary/aromatic N) is 5. The molecular weight excluding hydrogens is 406 g/mol. The number of benzene rings is 1. The molecule has 11 heteroatoms. The Morgan fingerprint density at radius 2 is 1.93 bits per heavy atom. The molecule has 1 aliphatic heterocycles. The van der Waals surface area contributed by atoms with Crippen molar-refractivity contribution in [3.63, 3.8) is 0 Å². The van der Waals surface area contributed by atoms with Crippen molar-refractivity contribution in [2.24, 2.45) is 0 Å². The fourth-order valence-corrected chi connectivity index (χ4v) is 4.58. The van der Waals surface area contributed by atoms with E-state index in [2.05, 4.69) is 25.5 Å². The quantitative estimate of drug-likeness (QED) is 0.653. The number of hydrogen-bond acceptors (Lipinski definition) is 6. The van der Waals surface area contributed by atoms with E-state index in [1.807, 2.05) is 19.1 Å². The maximum atomic E-state index is 12.7. The summed E-state index contributed by atoms with van der Waals surface area (Å²) >= 11 is 0. The van der Waals surface area contributed by atoms with E-state index in [-0.39, 0.29) is 24.0 Å². The summed E-state index contributed by atoms with van der Waals surface area (Å²) in [5.41, 5.74) is 1.40. The van der Waals surface area contributed by atoms with Gasteiger partial charge in [-0.3, -0.25) is 10.1 Å². The number of amides is 2. The van der Waals surface area contributed by atoms with Gasteiger partial charge >= 0.3 is 6.03 Å². The fourth-order valence-electron chi connectivity index (χ4n) is 3.19. The van der Waals surface area contributed by atoms with E-state index in [0.717, 1.165) is 5.56 Å². The first-order valence-electron chi connectivity index (χ1n) is 9.39. The zero-order chi connectivity index (χ0) is 21.1. The number of piperazine rings is 1. The van der Waals surface area contributed by atoms with Gasteiger partial charge in [0, 0.05) is 49.8 Å². The van der Waals surface area contributed by atoms with Crippen molar-refractivity contribution in [3.05, 3.63) is 54.6 Å². The van der Waals surface area contributed by atoms with Gasteiger partial charge in [-0.2, -0.15) is 9.40 Å². The lowest BCUT2D eigenvalue weighted by atomic mass is 10.2. The molecule has 3 aromatic rings. The smallest absolute Gasteiger partial charge is 0.321 e. The molecule has 1 fully saturated rings. The standard InChI is InChI=1S/C19H21N7O3S/c1-14-21-18(24-23-14)15-4-2-5-16(12-15)22-19(27)25-8-10-26(11-9-25)30(28,29)17-6-3-7-20-13-17/h2-7,12-13H,8-11H2,1H3,(H,22,27)(H,21,23,24). The van der Waals surface area contributed by atoms with E-state index in [4.69, 9.17) is 0 Å². The molecule has 4 rings (SSSR count). The van der Waals surface area contributed by atoms with Crippen molar-refractivity contribution in [1.82, 2.24) is 29.4 Å². The van der Waals surface area contributed by atoms with Crippen molar-refractivity contribution in [2.75, 3.05) is 31.5 Å². The number of carbonyl (C=O) groups is 1. The molecule has 2 amide bonds. The summed E-state index contributed by atoms with van der Waals surface area (Å²) in [6, 6.07) is 10.1. The minimum absolute atomic E-state index is 0.155. The third kappa shape index (κ3) is 4.16. The van der Waals surface area contributed by atoms with Gasteiger partial charge in [-0.1, -0.05) is 12.1 Å². The number of urea groups is 1. The topological polar surface area (TPSA) is 124 Å². The molecule has 10 nitrogen and oxygen atoms in total. The van der Waals surface area contributed by atoms with Crippen LogP contribution < -0.4 is 5.32 Å². The fraction of sp³-hybridized carbons (Fsp3) is 0.263. The lowest BCUT2D eigenvalue weighted by Crippen LogP contribution is -2.51. The number of pyridine rings is 1. The van der Waals surface area contributed by atoms with Crippen LogP contribution in [0.2, 0.25) is 0 Å². The second-order valence-corrected chi connectivity index (χ2v) is 8.77. The summed E-state index contributed by atoms with van der Waals surface area (Å²) in [7, 11) is -3.61. The van der Waals surface area contributed by atoms with Gasteiger partial charge in [0.05, 0.1) is 0 Å². The van der Waals surface area contributed by atoms with E-state index in [1.165, 1.54) is 22.8 Å². The molecule has 2 aromatic heterocycles. The van der Waals surface area contributed by atoms with Crippen LogP contribution in [-0.4, -0.2) is 70.0 Å². The molecule has 1 aliphatic rings. The first-order valence-corrected chi connectivity index (χ1v) is 10.8. The number of aromatic amines is 1. The molecule has 0 unspecified atom stereocenters. The maximum Gasteiger partial charge on any atom is 0.321 e. The summed E-state index contributed by atoms with van der Waals surface area (Å²) in [5, 5.41) is 9.78. The highest BCUT2D eigenvalue weighted by molar-refractivity contribution is 7.89. The Labute approximate surface area is 174 Å². The summed E-state index contributed by atoms with van der Waals surface area (Å²) < 4.78 is 26.7. The van der Waals surface area contributed by atoms with E-state index in [0.29, 0.717) is 30.4 Å². The Bertz CT molecular complexity index is 1140. The average molecular weight is 427 g/mol. The first-order chi connectivity index (χ1) is 14.4. The van der Waals surface area contributed by atoms with Crippen LogP contribution >= 0.6 is 0 Å². The number of rotatable bonds is 4. The van der Waals surface area contributed by atoms with Crippen LogP contribution in [0.15, 0.2) is 53.7 Å². The zero-order valence-electron chi connectivity index (χ0n) is 16.3. The Balaban J connectivity index is 1.38. The number of nitrogens with one attached hydrogen (secondary N) is 2. The van der Waals surface area contributed by atoms with Gasteiger partial charge in [0.1, 0.15) is 10.7 Å².